The second-order valence-corrected chi connectivity index (χ2v) is 10.5. The average Bonchev–Trinajstić information content (AvgIpc) is 3.13. The predicted molar refractivity (Wildman–Crippen MR) is 99.9 cm³/mol. The van der Waals surface area contributed by atoms with Crippen molar-refractivity contribution in [2.45, 2.75) is 39.7 Å². The highest BCUT2D eigenvalue weighted by molar-refractivity contribution is 7.89. The van der Waals surface area contributed by atoms with Gasteiger partial charge in [-0.2, -0.15) is 4.31 Å². The number of hydrogen-bond donors (Lipinski definition) is 1. The molecule has 2 aromatic rings. The number of H-pyrrole nitrogens is 1. The van der Waals surface area contributed by atoms with Crippen molar-refractivity contribution in [3.63, 3.8) is 0 Å². The van der Waals surface area contributed by atoms with Crippen LogP contribution in [0, 0.1) is 16.7 Å². The molecule has 7 heteroatoms. The molecule has 2 saturated carbocycles. The van der Waals surface area contributed by atoms with Crippen LogP contribution in [-0.2, 0) is 21.4 Å². The number of Topliss-reactive ketones (excluding diaryl/α,β-unsaturated/α-hetero) is 1. The van der Waals surface area contributed by atoms with E-state index in [1.165, 1.54) is 4.31 Å². The van der Waals surface area contributed by atoms with Crippen LogP contribution in [0.5, 0.6) is 0 Å². The van der Waals surface area contributed by atoms with Crippen LogP contribution in [-0.4, -0.2) is 41.3 Å². The summed E-state index contributed by atoms with van der Waals surface area (Å²) < 4.78 is 27.4. The molecule has 6 nitrogen and oxygen atoms in total. The number of fused-ring (bicyclic) bond motifs is 3. The van der Waals surface area contributed by atoms with Crippen LogP contribution in [0.2, 0.25) is 0 Å². The zero-order valence-corrected chi connectivity index (χ0v) is 16.3. The van der Waals surface area contributed by atoms with Crippen molar-refractivity contribution in [1.82, 2.24) is 14.3 Å². The number of rotatable bonds is 5. The summed E-state index contributed by atoms with van der Waals surface area (Å²) in [6, 6.07) is 7.62. The minimum Gasteiger partial charge on any atom is -0.341 e. The Morgan fingerprint density at radius 2 is 2.04 bits per heavy atom. The summed E-state index contributed by atoms with van der Waals surface area (Å²) in [7, 11) is -2.01. The lowest BCUT2D eigenvalue weighted by Crippen LogP contribution is -2.45. The van der Waals surface area contributed by atoms with Crippen LogP contribution < -0.4 is 0 Å². The van der Waals surface area contributed by atoms with E-state index in [0.29, 0.717) is 24.6 Å². The van der Waals surface area contributed by atoms with Gasteiger partial charge in [0, 0.05) is 18.9 Å². The summed E-state index contributed by atoms with van der Waals surface area (Å²) in [5.41, 5.74) is 0.714. The zero-order valence-electron chi connectivity index (χ0n) is 15.4. The van der Waals surface area contributed by atoms with Crippen molar-refractivity contribution in [3.8, 4) is 0 Å². The molecule has 2 fully saturated rings. The van der Waals surface area contributed by atoms with Crippen molar-refractivity contribution in [1.29, 1.82) is 0 Å². The highest BCUT2D eigenvalue weighted by atomic mass is 32.2. The summed E-state index contributed by atoms with van der Waals surface area (Å²) >= 11 is 0. The Bertz CT molecular complexity index is 946. The molecule has 2 aliphatic carbocycles. The standard InChI is InChI=1S/C19H25N3O3S/c1-18(2)13-8-9-19(18,16(23)10-13)12-26(24,25)22(3)11-17-20-14-6-4-5-7-15(14)21-17/h4-7,13H,8-12H2,1-3H3,(H,20,21)/t13-,19-/m0/s1. The van der Waals surface area contributed by atoms with Gasteiger partial charge >= 0.3 is 0 Å². The van der Waals surface area contributed by atoms with E-state index in [0.717, 1.165) is 17.5 Å². The number of carbonyl (C=O) groups is 1. The van der Waals surface area contributed by atoms with Gasteiger partial charge in [0.2, 0.25) is 10.0 Å². The first-order valence-electron chi connectivity index (χ1n) is 9.07. The van der Waals surface area contributed by atoms with E-state index in [2.05, 4.69) is 23.8 Å². The maximum absolute atomic E-state index is 13.1. The molecule has 0 saturated heterocycles. The van der Waals surface area contributed by atoms with Gasteiger partial charge in [0.15, 0.2) is 0 Å². The van der Waals surface area contributed by atoms with Crippen molar-refractivity contribution < 1.29 is 13.2 Å². The second kappa shape index (κ2) is 5.63. The minimum atomic E-state index is -3.57. The van der Waals surface area contributed by atoms with Crippen molar-refractivity contribution >= 4 is 26.8 Å². The number of nitrogens with one attached hydrogen (secondary N) is 1. The average molecular weight is 375 g/mol. The molecular weight excluding hydrogens is 350 g/mol. The number of carbonyl (C=O) groups excluding carboxylic acids is 1. The van der Waals surface area contributed by atoms with E-state index >= 15 is 0 Å². The number of aromatic nitrogens is 2. The Labute approximate surface area is 154 Å². The normalized spacial score (nSPS) is 27.7. The molecule has 0 radical (unpaired) electrons. The predicted octanol–water partition coefficient (Wildman–Crippen LogP) is 2.72. The fourth-order valence-corrected chi connectivity index (χ4v) is 6.76. The highest BCUT2D eigenvalue weighted by Crippen LogP contribution is 2.64. The highest BCUT2D eigenvalue weighted by Gasteiger charge is 2.65. The van der Waals surface area contributed by atoms with Crippen molar-refractivity contribution in [3.05, 3.63) is 30.1 Å². The fourth-order valence-electron chi connectivity index (χ4n) is 4.92. The molecule has 4 rings (SSSR count). The first-order valence-corrected chi connectivity index (χ1v) is 10.7. The lowest BCUT2D eigenvalue weighted by Gasteiger charge is -2.37. The third-order valence-corrected chi connectivity index (χ3v) is 8.79. The van der Waals surface area contributed by atoms with Crippen LogP contribution in [0.4, 0.5) is 0 Å². The third kappa shape index (κ3) is 2.44. The lowest BCUT2D eigenvalue weighted by molar-refractivity contribution is -0.128. The maximum atomic E-state index is 13.1. The Morgan fingerprint density at radius 1 is 1.31 bits per heavy atom. The minimum absolute atomic E-state index is 0.0982. The first kappa shape index (κ1) is 17.7. The zero-order chi connectivity index (χ0) is 18.7. The van der Waals surface area contributed by atoms with E-state index < -0.39 is 15.4 Å². The molecule has 1 heterocycles. The number of imidazole rings is 1. The molecule has 0 unspecified atom stereocenters. The molecule has 26 heavy (non-hydrogen) atoms. The molecule has 1 aromatic heterocycles. The molecule has 1 N–H and O–H groups in total. The Hall–Kier alpha value is -1.73. The van der Waals surface area contributed by atoms with Gasteiger partial charge in [0.1, 0.15) is 11.6 Å². The Morgan fingerprint density at radius 3 is 2.65 bits per heavy atom. The van der Waals surface area contributed by atoms with Crippen molar-refractivity contribution in [2.24, 2.45) is 16.7 Å². The maximum Gasteiger partial charge on any atom is 0.215 e. The van der Waals surface area contributed by atoms with Gasteiger partial charge in [0.25, 0.3) is 0 Å². The van der Waals surface area contributed by atoms with E-state index in [-0.39, 0.29) is 23.5 Å². The van der Waals surface area contributed by atoms with Crippen LogP contribution in [0.3, 0.4) is 0 Å². The van der Waals surface area contributed by atoms with E-state index in [1.54, 1.807) is 7.05 Å². The Balaban J connectivity index is 1.57. The molecule has 2 atom stereocenters. The topological polar surface area (TPSA) is 83.1 Å². The number of ketones is 1. The third-order valence-electron chi connectivity index (χ3n) is 6.85. The molecular formula is C19H25N3O3S. The number of benzene rings is 1. The Kier molecular flexibility index (Phi) is 3.83. The summed E-state index contributed by atoms with van der Waals surface area (Å²) in [5, 5.41) is 0. The van der Waals surface area contributed by atoms with E-state index in [4.69, 9.17) is 0 Å². The number of hydrogen-bond acceptors (Lipinski definition) is 4. The first-order chi connectivity index (χ1) is 12.2. The second-order valence-electron chi connectivity index (χ2n) is 8.38. The lowest BCUT2D eigenvalue weighted by atomic mass is 9.70. The molecule has 2 aliphatic rings. The van der Waals surface area contributed by atoms with Gasteiger partial charge in [-0.05, 0) is 36.3 Å². The van der Waals surface area contributed by atoms with Gasteiger partial charge < -0.3 is 4.98 Å². The van der Waals surface area contributed by atoms with Gasteiger partial charge in [-0.1, -0.05) is 26.0 Å². The molecule has 1 aromatic carbocycles. The summed E-state index contributed by atoms with van der Waals surface area (Å²) in [4.78, 5) is 20.3. The van der Waals surface area contributed by atoms with Gasteiger partial charge in [0.05, 0.1) is 23.3 Å². The number of para-hydroxylation sites is 2. The van der Waals surface area contributed by atoms with Crippen LogP contribution in [0.15, 0.2) is 24.3 Å². The molecule has 0 aliphatic heterocycles. The molecule has 2 bridgehead atoms. The van der Waals surface area contributed by atoms with Crippen molar-refractivity contribution in [2.75, 3.05) is 12.8 Å². The van der Waals surface area contributed by atoms with Gasteiger partial charge in [-0.25, -0.2) is 13.4 Å². The number of nitrogens with zero attached hydrogens (tertiary/aromatic N) is 2. The van der Waals surface area contributed by atoms with E-state index in [9.17, 15) is 13.2 Å². The fraction of sp³-hybridized carbons (Fsp3) is 0.579. The monoisotopic (exact) mass is 375 g/mol. The molecule has 0 spiro atoms. The largest absolute Gasteiger partial charge is 0.341 e. The van der Waals surface area contributed by atoms with Gasteiger partial charge in [-0.15, -0.1) is 0 Å². The van der Waals surface area contributed by atoms with Crippen LogP contribution in [0.25, 0.3) is 11.0 Å². The summed E-state index contributed by atoms with van der Waals surface area (Å²) in [6.07, 6.45) is 2.15. The number of sulfonamides is 1. The molecule has 140 valence electrons. The smallest absolute Gasteiger partial charge is 0.215 e. The quantitative estimate of drug-likeness (QED) is 0.871. The summed E-state index contributed by atoms with van der Waals surface area (Å²) in [6.45, 7) is 4.29. The molecule has 0 amide bonds. The van der Waals surface area contributed by atoms with E-state index in [1.807, 2.05) is 24.3 Å². The number of aromatic amines is 1. The van der Waals surface area contributed by atoms with Crippen LogP contribution in [0.1, 0.15) is 38.9 Å². The van der Waals surface area contributed by atoms with Crippen LogP contribution >= 0.6 is 0 Å². The summed E-state index contributed by atoms with van der Waals surface area (Å²) in [5.74, 6) is 0.945. The van der Waals surface area contributed by atoms with Gasteiger partial charge in [-0.3, -0.25) is 4.79 Å². The SMILES string of the molecule is CN(Cc1nc2ccccc2[nH]1)S(=O)(=O)C[C@@]12CC[C@@H](CC1=O)C2(C)C.